The quantitative estimate of drug-likeness (QED) is 0.195. The molecule has 0 spiro atoms. The summed E-state index contributed by atoms with van der Waals surface area (Å²) < 4.78 is 40.1. The molecule has 0 bridgehead atoms. The van der Waals surface area contributed by atoms with Gasteiger partial charge in [-0.2, -0.15) is 13.2 Å². The maximum atomic E-state index is 13.4. The predicted octanol–water partition coefficient (Wildman–Crippen LogP) is 12.0. The van der Waals surface area contributed by atoms with Gasteiger partial charge in [0.05, 0.1) is 16.9 Å². The van der Waals surface area contributed by atoms with Crippen LogP contribution in [-0.4, -0.2) is 0 Å². The minimum absolute atomic E-state index is 0.332. The normalized spacial score (nSPS) is 13.6. The van der Waals surface area contributed by atoms with Gasteiger partial charge in [-0.3, -0.25) is 0 Å². The summed E-state index contributed by atoms with van der Waals surface area (Å²) in [5.41, 5.74) is 9.21. The lowest BCUT2D eigenvalue weighted by atomic mass is 9.73. The molecule has 6 aromatic rings. The van der Waals surface area contributed by atoms with Crippen LogP contribution in [0.25, 0.3) is 11.1 Å². The number of hydrogen-bond acceptors (Lipinski definition) is 2. The Morgan fingerprint density at radius 3 is 1.62 bits per heavy atom. The van der Waals surface area contributed by atoms with Crippen molar-refractivity contribution in [1.82, 2.24) is 0 Å². The molecule has 0 amide bonds. The molecule has 0 aliphatic carbocycles. The van der Waals surface area contributed by atoms with Gasteiger partial charge in [-0.1, -0.05) is 86.6 Å². The number of alkyl halides is 3. The van der Waals surface area contributed by atoms with Gasteiger partial charge in [0.15, 0.2) is 0 Å². The van der Waals surface area contributed by atoms with Crippen molar-refractivity contribution < 1.29 is 13.2 Å². The summed E-state index contributed by atoms with van der Waals surface area (Å²) in [6, 6.07) is 49.2. The summed E-state index contributed by atoms with van der Waals surface area (Å²) in [5, 5.41) is 0. The number of rotatable bonds is 5. The molecular formula is C40H31F3N2. The first-order valence-corrected chi connectivity index (χ1v) is 14.9. The van der Waals surface area contributed by atoms with Crippen molar-refractivity contribution in [2.75, 3.05) is 9.80 Å². The van der Waals surface area contributed by atoms with E-state index >= 15 is 0 Å². The van der Waals surface area contributed by atoms with E-state index in [1.807, 2.05) is 54.6 Å². The molecule has 0 unspecified atom stereocenters. The molecule has 1 heterocycles. The van der Waals surface area contributed by atoms with Gasteiger partial charge in [0, 0.05) is 28.2 Å². The largest absolute Gasteiger partial charge is 0.416 e. The third-order valence-electron chi connectivity index (χ3n) is 8.67. The van der Waals surface area contributed by atoms with Crippen molar-refractivity contribution in [1.29, 1.82) is 0 Å². The maximum Gasteiger partial charge on any atom is 0.416 e. The molecule has 0 N–H and O–H groups in total. The fourth-order valence-corrected chi connectivity index (χ4v) is 6.37. The van der Waals surface area contributed by atoms with Gasteiger partial charge < -0.3 is 9.80 Å². The summed E-state index contributed by atoms with van der Waals surface area (Å²) in [6.45, 7) is 4.42. The fraction of sp³-hybridized carbons (Fsp3) is 0.100. The Balaban J connectivity index is 1.29. The molecule has 222 valence electrons. The first-order valence-electron chi connectivity index (χ1n) is 14.9. The second-order valence-corrected chi connectivity index (χ2v) is 11.8. The van der Waals surface area contributed by atoms with E-state index in [1.165, 1.54) is 0 Å². The second-order valence-electron chi connectivity index (χ2n) is 11.8. The van der Waals surface area contributed by atoms with Gasteiger partial charge in [-0.25, -0.2) is 0 Å². The summed E-state index contributed by atoms with van der Waals surface area (Å²) in [7, 11) is 0. The number of anilines is 6. The fourth-order valence-electron chi connectivity index (χ4n) is 6.37. The Morgan fingerprint density at radius 2 is 1.02 bits per heavy atom. The van der Waals surface area contributed by atoms with Crippen LogP contribution >= 0.6 is 0 Å². The summed E-state index contributed by atoms with van der Waals surface area (Å²) in [5.74, 6) is 0. The van der Waals surface area contributed by atoms with Crippen LogP contribution in [0.5, 0.6) is 0 Å². The molecule has 0 fully saturated rings. The van der Waals surface area contributed by atoms with Gasteiger partial charge in [0.2, 0.25) is 0 Å². The Hall–Kier alpha value is -5.29. The number of nitrogens with zero attached hydrogens (tertiary/aromatic N) is 2. The van der Waals surface area contributed by atoms with Crippen molar-refractivity contribution in [3.8, 4) is 11.1 Å². The standard InChI is InChI=1S/C40H31F3N2/c1-39(2)35-15-9-10-16-37(35)45(34-24-20-30(21-25-34)40(41,42)43)38-26-19-29(27-36(38)39)28-17-22-33(23-18-28)44(31-11-5-3-6-12-31)32-13-7-4-8-14-32/h3-27H,1-2H3. The molecular weight excluding hydrogens is 565 g/mol. The summed E-state index contributed by atoms with van der Waals surface area (Å²) in [4.78, 5) is 4.30. The molecule has 2 nitrogen and oxygen atoms in total. The van der Waals surface area contributed by atoms with Gasteiger partial charge >= 0.3 is 6.18 Å². The van der Waals surface area contributed by atoms with Crippen LogP contribution in [0, 0.1) is 0 Å². The second kappa shape index (κ2) is 11.0. The first-order chi connectivity index (χ1) is 21.7. The van der Waals surface area contributed by atoms with E-state index in [2.05, 4.69) is 96.4 Å². The molecule has 45 heavy (non-hydrogen) atoms. The lowest BCUT2D eigenvalue weighted by Gasteiger charge is -2.42. The molecule has 7 rings (SSSR count). The zero-order valence-electron chi connectivity index (χ0n) is 25.0. The summed E-state index contributed by atoms with van der Waals surface area (Å²) >= 11 is 0. The molecule has 6 aromatic carbocycles. The zero-order chi connectivity index (χ0) is 31.2. The van der Waals surface area contributed by atoms with Crippen LogP contribution in [0.4, 0.5) is 47.3 Å². The minimum atomic E-state index is -4.39. The van der Waals surface area contributed by atoms with E-state index in [-0.39, 0.29) is 5.41 Å². The average Bonchev–Trinajstić information content (AvgIpc) is 3.06. The van der Waals surface area contributed by atoms with E-state index in [0.717, 1.165) is 62.8 Å². The highest BCUT2D eigenvalue weighted by Gasteiger charge is 2.37. The van der Waals surface area contributed by atoms with E-state index < -0.39 is 11.7 Å². The first kappa shape index (κ1) is 28.5. The van der Waals surface area contributed by atoms with Crippen LogP contribution in [0.1, 0.15) is 30.5 Å². The number of hydrogen-bond donors (Lipinski definition) is 0. The maximum absolute atomic E-state index is 13.4. The Morgan fingerprint density at radius 1 is 0.511 bits per heavy atom. The molecule has 0 saturated carbocycles. The van der Waals surface area contributed by atoms with Crippen LogP contribution in [-0.2, 0) is 11.6 Å². The van der Waals surface area contributed by atoms with E-state index in [0.29, 0.717) is 5.69 Å². The van der Waals surface area contributed by atoms with Gasteiger partial charge in [-0.05, 0) is 101 Å². The molecule has 1 aliphatic rings. The van der Waals surface area contributed by atoms with Crippen molar-refractivity contribution in [2.45, 2.75) is 25.4 Å². The van der Waals surface area contributed by atoms with E-state index in [4.69, 9.17) is 0 Å². The Kier molecular flexibility index (Phi) is 6.97. The lowest BCUT2D eigenvalue weighted by Crippen LogP contribution is -2.30. The van der Waals surface area contributed by atoms with E-state index in [9.17, 15) is 13.2 Å². The third-order valence-corrected chi connectivity index (χ3v) is 8.67. The molecule has 0 aromatic heterocycles. The van der Waals surface area contributed by atoms with Crippen molar-refractivity contribution in [2.24, 2.45) is 0 Å². The highest BCUT2D eigenvalue weighted by molar-refractivity contribution is 5.88. The molecule has 0 radical (unpaired) electrons. The van der Waals surface area contributed by atoms with Gasteiger partial charge in [-0.15, -0.1) is 0 Å². The number of fused-ring (bicyclic) bond motifs is 2. The minimum Gasteiger partial charge on any atom is -0.311 e. The van der Waals surface area contributed by atoms with Crippen molar-refractivity contribution in [3.63, 3.8) is 0 Å². The van der Waals surface area contributed by atoms with Crippen LogP contribution in [0.15, 0.2) is 152 Å². The smallest absolute Gasteiger partial charge is 0.311 e. The topological polar surface area (TPSA) is 6.48 Å². The van der Waals surface area contributed by atoms with Gasteiger partial charge in [0.25, 0.3) is 0 Å². The number of benzene rings is 6. The zero-order valence-corrected chi connectivity index (χ0v) is 25.0. The van der Waals surface area contributed by atoms with Crippen molar-refractivity contribution >= 4 is 34.1 Å². The Bertz CT molecular complexity index is 1910. The predicted molar refractivity (Wildman–Crippen MR) is 178 cm³/mol. The highest BCUT2D eigenvalue weighted by atomic mass is 19.4. The monoisotopic (exact) mass is 596 g/mol. The average molecular weight is 597 g/mol. The number of halogens is 3. The lowest BCUT2D eigenvalue weighted by molar-refractivity contribution is -0.137. The van der Waals surface area contributed by atoms with Crippen LogP contribution in [0.2, 0.25) is 0 Å². The molecule has 1 aliphatic heterocycles. The summed E-state index contributed by atoms with van der Waals surface area (Å²) in [6.07, 6.45) is -4.39. The third kappa shape index (κ3) is 5.14. The van der Waals surface area contributed by atoms with E-state index in [1.54, 1.807) is 12.1 Å². The van der Waals surface area contributed by atoms with Gasteiger partial charge in [0.1, 0.15) is 0 Å². The highest BCUT2D eigenvalue weighted by Crippen LogP contribution is 2.52. The van der Waals surface area contributed by atoms with Crippen LogP contribution < -0.4 is 9.80 Å². The SMILES string of the molecule is CC1(C)c2ccccc2N(c2ccc(C(F)(F)F)cc2)c2ccc(-c3ccc(N(c4ccccc4)c4ccccc4)cc3)cc21. The van der Waals surface area contributed by atoms with Crippen LogP contribution in [0.3, 0.4) is 0 Å². The molecule has 0 atom stereocenters. The number of para-hydroxylation sites is 3. The molecule has 0 saturated heterocycles. The van der Waals surface area contributed by atoms with Crippen molar-refractivity contribution in [3.05, 3.63) is 168 Å². The Labute approximate surface area is 261 Å². The molecule has 5 heteroatoms.